The van der Waals surface area contributed by atoms with Crippen molar-refractivity contribution in [3.8, 4) is 0 Å². The predicted octanol–water partition coefficient (Wildman–Crippen LogP) is -0.163. The molecule has 0 aromatic heterocycles. The fraction of sp³-hybridized carbons (Fsp3) is 1.00. The van der Waals surface area contributed by atoms with Crippen LogP contribution in [-0.2, 0) is 10.0 Å². The highest BCUT2D eigenvalue weighted by Crippen LogP contribution is 2.20. The van der Waals surface area contributed by atoms with Gasteiger partial charge in [-0.1, -0.05) is 0 Å². The molecular weight excluding hydrogens is 178 g/mol. The number of rotatable bonds is 3. The lowest BCUT2D eigenvalue weighted by Crippen LogP contribution is -2.48. The number of hydrogen-bond acceptors (Lipinski definition) is 3. The third kappa shape index (κ3) is 2.18. The van der Waals surface area contributed by atoms with Crippen molar-refractivity contribution in [2.75, 3.05) is 0 Å². The van der Waals surface area contributed by atoms with Crippen molar-refractivity contribution in [2.24, 2.45) is 0 Å². The van der Waals surface area contributed by atoms with Crippen LogP contribution < -0.4 is 4.72 Å². The van der Waals surface area contributed by atoms with Crippen LogP contribution in [0.15, 0.2) is 0 Å². The smallest absolute Gasteiger partial charge is 0.214 e. The molecule has 0 spiro atoms. The average Bonchev–Trinajstić information content (AvgIpc) is 1.83. The van der Waals surface area contributed by atoms with Gasteiger partial charge in [0.1, 0.15) is 0 Å². The van der Waals surface area contributed by atoms with Gasteiger partial charge in [0.05, 0.1) is 11.4 Å². The van der Waals surface area contributed by atoms with Gasteiger partial charge in [0.25, 0.3) is 0 Å². The summed E-state index contributed by atoms with van der Waals surface area (Å²) in [7, 11) is -3.14. The first-order chi connectivity index (χ1) is 5.42. The second-order valence-electron chi connectivity index (χ2n) is 3.53. The van der Waals surface area contributed by atoms with Gasteiger partial charge in [-0.2, -0.15) is 0 Å². The van der Waals surface area contributed by atoms with Crippen LogP contribution in [0.5, 0.6) is 0 Å². The van der Waals surface area contributed by atoms with E-state index in [0.717, 1.165) is 0 Å². The normalized spacial score (nSPS) is 30.3. The molecule has 0 heterocycles. The van der Waals surface area contributed by atoms with E-state index in [0.29, 0.717) is 12.8 Å². The minimum atomic E-state index is -3.14. The number of aliphatic hydroxyl groups excluding tert-OH is 1. The van der Waals surface area contributed by atoms with E-state index < -0.39 is 15.3 Å². The maximum Gasteiger partial charge on any atom is 0.214 e. The summed E-state index contributed by atoms with van der Waals surface area (Å²) >= 11 is 0. The number of aliphatic hydroxyl groups is 1. The molecule has 0 unspecified atom stereocenters. The molecule has 1 fully saturated rings. The molecule has 0 radical (unpaired) electrons. The Hall–Kier alpha value is -0.130. The van der Waals surface area contributed by atoms with Crippen molar-refractivity contribution in [3.63, 3.8) is 0 Å². The molecule has 0 aromatic rings. The Balaban J connectivity index is 2.42. The molecule has 0 bridgehead atoms. The summed E-state index contributed by atoms with van der Waals surface area (Å²) < 4.78 is 25.0. The topological polar surface area (TPSA) is 66.4 Å². The minimum absolute atomic E-state index is 0.0487. The van der Waals surface area contributed by atoms with Crippen LogP contribution >= 0.6 is 0 Å². The maximum absolute atomic E-state index is 11.2. The Morgan fingerprint density at radius 1 is 1.42 bits per heavy atom. The van der Waals surface area contributed by atoms with E-state index in [9.17, 15) is 8.42 Å². The SMILES string of the molecule is CC(C)S(=O)(=O)NC1CC(O)C1. The summed E-state index contributed by atoms with van der Waals surface area (Å²) in [6.07, 6.45) is 0.780. The monoisotopic (exact) mass is 193 g/mol. The zero-order valence-electron chi connectivity index (χ0n) is 7.32. The molecule has 1 aliphatic rings. The van der Waals surface area contributed by atoms with Crippen molar-refractivity contribution in [2.45, 2.75) is 44.1 Å². The highest BCUT2D eigenvalue weighted by Gasteiger charge is 2.31. The number of nitrogens with one attached hydrogen (secondary N) is 1. The van der Waals surface area contributed by atoms with Gasteiger partial charge in [0.15, 0.2) is 0 Å². The molecule has 1 saturated carbocycles. The van der Waals surface area contributed by atoms with E-state index in [2.05, 4.69) is 4.72 Å². The minimum Gasteiger partial charge on any atom is -0.393 e. The molecule has 5 heteroatoms. The molecule has 1 aliphatic carbocycles. The van der Waals surface area contributed by atoms with Gasteiger partial charge in [0.2, 0.25) is 10.0 Å². The van der Waals surface area contributed by atoms with Crippen LogP contribution in [0.3, 0.4) is 0 Å². The van der Waals surface area contributed by atoms with Gasteiger partial charge in [-0.05, 0) is 26.7 Å². The van der Waals surface area contributed by atoms with E-state index in [-0.39, 0.29) is 12.1 Å². The van der Waals surface area contributed by atoms with E-state index >= 15 is 0 Å². The van der Waals surface area contributed by atoms with Crippen LogP contribution in [0.25, 0.3) is 0 Å². The number of sulfonamides is 1. The molecule has 12 heavy (non-hydrogen) atoms. The lowest BCUT2D eigenvalue weighted by Gasteiger charge is -2.32. The Morgan fingerprint density at radius 3 is 2.25 bits per heavy atom. The van der Waals surface area contributed by atoms with Crippen LogP contribution in [0.2, 0.25) is 0 Å². The zero-order valence-corrected chi connectivity index (χ0v) is 8.13. The fourth-order valence-electron chi connectivity index (χ4n) is 1.05. The molecular formula is C7H15NO3S. The molecule has 0 atom stereocenters. The Labute approximate surface area is 73.0 Å². The van der Waals surface area contributed by atoms with Crippen molar-refractivity contribution in [1.29, 1.82) is 0 Å². The average molecular weight is 193 g/mol. The molecule has 0 amide bonds. The Bertz CT molecular complexity index is 241. The van der Waals surface area contributed by atoms with Crippen LogP contribution in [0.1, 0.15) is 26.7 Å². The second kappa shape index (κ2) is 3.32. The number of hydrogen-bond donors (Lipinski definition) is 2. The fourth-order valence-corrected chi connectivity index (χ4v) is 1.98. The molecule has 0 aromatic carbocycles. The summed E-state index contributed by atoms with van der Waals surface area (Å²) in [4.78, 5) is 0. The summed E-state index contributed by atoms with van der Waals surface area (Å²) in [6.45, 7) is 3.27. The first-order valence-corrected chi connectivity index (χ1v) is 5.65. The Morgan fingerprint density at radius 2 is 1.92 bits per heavy atom. The van der Waals surface area contributed by atoms with Crippen molar-refractivity contribution < 1.29 is 13.5 Å². The van der Waals surface area contributed by atoms with Crippen LogP contribution in [-0.4, -0.2) is 30.9 Å². The van der Waals surface area contributed by atoms with Crippen molar-refractivity contribution in [3.05, 3.63) is 0 Å². The van der Waals surface area contributed by atoms with Gasteiger partial charge in [0, 0.05) is 6.04 Å². The lowest BCUT2D eigenvalue weighted by atomic mass is 9.91. The summed E-state index contributed by atoms with van der Waals surface area (Å²) in [5.41, 5.74) is 0. The van der Waals surface area contributed by atoms with Crippen molar-refractivity contribution in [1.82, 2.24) is 4.72 Å². The standard InChI is InChI=1S/C7H15NO3S/c1-5(2)12(10,11)8-6-3-7(9)4-6/h5-9H,3-4H2,1-2H3. The highest BCUT2D eigenvalue weighted by molar-refractivity contribution is 7.90. The van der Waals surface area contributed by atoms with E-state index in [1.54, 1.807) is 13.8 Å². The van der Waals surface area contributed by atoms with Crippen LogP contribution in [0.4, 0.5) is 0 Å². The van der Waals surface area contributed by atoms with Gasteiger partial charge < -0.3 is 5.11 Å². The van der Waals surface area contributed by atoms with Gasteiger partial charge >= 0.3 is 0 Å². The predicted molar refractivity (Wildman–Crippen MR) is 46.2 cm³/mol. The zero-order chi connectivity index (χ0) is 9.35. The third-order valence-corrected chi connectivity index (χ3v) is 3.97. The molecule has 72 valence electrons. The van der Waals surface area contributed by atoms with Gasteiger partial charge in [-0.3, -0.25) is 0 Å². The highest BCUT2D eigenvalue weighted by atomic mass is 32.2. The summed E-state index contributed by atoms with van der Waals surface area (Å²) in [5, 5.41) is 8.53. The maximum atomic E-state index is 11.2. The van der Waals surface area contributed by atoms with E-state index in [1.807, 2.05) is 0 Å². The van der Waals surface area contributed by atoms with Crippen molar-refractivity contribution >= 4 is 10.0 Å². The lowest BCUT2D eigenvalue weighted by molar-refractivity contribution is 0.0711. The Kier molecular flexibility index (Phi) is 2.75. The van der Waals surface area contributed by atoms with Crippen LogP contribution in [0, 0.1) is 0 Å². The summed E-state index contributed by atoms with van der Waals surface area (Å²) in [6, 6.07) is -0.0487. The summed E-state index contributed by atoms with van der Waals surface area (Å²) in [5.74, 6) is 0. The molecule has 0 saturated heterocycles. The quantitative estimate of drug-likeness (QED) is 0.654. The first kappa shape index (κ1) is 9.95. The molecule has 0 aliphatic heterocycles. The second-order valence-corrected chi connectivity index (χ2v) is 5.80. The first-order valence-electron chi connectivity index (χ1n) is 4.11. The largest absolute Gasteiger partial charge is 0.393 e. The molecule has 4 nitrogen and oxygen atoms in total. The van der Waals surface area contributed by atoms with E-state index in [1.165, 1.54) is 0 Å². The molecule has 1 rings (SSSR count). The van der Waals surface area contributed by atoms with E-state index in [4.69, 9.17) is 5.11 Å². The molecule has 2 N–H and O–H groups in total. The van der Waals surface area contributed by atoms with Gasteiger partial charge in [-0.25, -0.2) is 13.1 Å². The van der Waals surface area contributed by atoms with Gasteiger partial charge in [-0.15, -0.1) is 0 Å². The third-order valence-electron chi connectivity index (χ3n) is 2.06.